The number of benzene rings is 2. The van der Waals surface area contributed by atoms with Crippen LogP contribution in [0.5, 0.6) is 0 Å². The molecule has 1 heterocycles. The molecule has 5 rings (SSSR count). The van der Waals surface area contributed by atoms with E-state index in [9.17, 15) is 0 Å². The van der Waals surface area contributed by atoms with Crippen LogP contribution in [0.4, 0.5) is 22.7 Å². The third kappa shape index (κ3) is 4.97. The number of allylic oxidation sites excluding steroid dienone is 4. The summed E-state index contributed by atoms with van der Waals surface area (Å²) in [5.74, 6) is 2.73. The van der Waals surface area contributed by atoms with Gasteiger partial charge in [-0.3, -0.25) is 0 Å². The molecule has 2 nitrogen and oxygen atoms in total. The van der Waals surface area contributed by atoms with Gasteiger partial charge in [0.2, 0.25) is 0 Å². The molecular weight excluding hydrogens is 511 g/mol. The van der Waals surface area contributed by atoms with Crippen molar-refractivity contribution >= 4 is 49.6 Å². The maximum atomic E-state index is 4.99. The zero-order valence-electron chi connectivity index (χ0n) is 21.1. The topological polar surface area (TPSA) is 17.3 Å². The van der Waals surface area contributed by atoms with E-state index in [1.165, 1.54) is 17.8 Å². The number of fused-ring (bicyclic) bond motifs is 3. The van der Waals surface area contributed by atoms with Crippen LogP contribution in [0.15, 0.2) is 72.3 Å². The predicted octanol–water partition coefficient (Wildman–Crippen LogP) is 10.3. The van der Waals surface area contributed by atoms with Gasteiger partial charge in [-0.15, -0.1) is 11.4 Å². The molecule has 2 aromatic carbocycles. The molecule has 0 aromatic heterocycles. The Labute approximate surface area is 224 Å². The first-order valence-electron chi connectivity index (χ1n) is 11.9. The molecule has 4 atom stereocenters. The van der Waals surface area contributed by atoms with Crippen LogP contribution in [0.25, 0.3) is 5.32 Å². The molecule has 0 radical (unpaired) electrons. The Bertz CT molecular complexity index is 1010. The molecule has 0 N–H and O–H groups in total. The predicted molar refractivity (Wildman–Crippen MR) is 150 cm³/mol. The van der Waals surface area contributed by atoms with E-state index in [0.717, 1.165) is 22.8 Å². The van der Waals surface area contributed by atoms with Crippen molar-refractivity contribution in [3.8, 4) is 0 Å². The van der Waals surface area contributed by atoms with E-state index in [2.05, 4.69) is 105 Å². The van der Waals surface area contributed by atoms with Crippen LogP contribution in [-0.4, -0.2) is 8.24 Å². The number of para-hydroxylation sites is 4. The normalized spacial score (nSPS) is 24.5. The quantitative estimate of drug-likeness (QED) is 0.276. The van der Waals surface area contributed by atoms with E-state index in [-0.39, 0.29) is 7.43 Å². The van der Waals surface area contributed by atoms with Gasteiger partial charge in [-0.2, -0.15) is 0 Å². The first-order chi connectivity index (χ1) is 15.8. The minimum absolute atomic E-state index is 0. The number of halogens is 2. The number of nitrogens with zero attached hydrogens (tertiary/aromatic N) is 2. The molecule has 1 saturated carbocycles. The van der Waals surface area contributed by atoms with E-state index < -0.39 is 25.3 Å². The first kappa shape index (κ1) is 27.6. The van der Waals surface area contributed by atoms with Crippen LogP contribution < -0.4 is 4.57 Å². The second-order valence-electron chi connectivity index (χ2n) is 10.3. The van der Waals surface area contributed by atoms with Crippen molar-refractivity contribution < 1.29 is 17.0 Å². The van der Waals surface area contributed by atoms with Crippen molar-refractivity contribution in [1.82, 2.24) is 0 Å². The van der Waals surface area contributed by atoms with Gasteiger partial charge in [0.25, 0.3) is 0 Å². The van der Waals surface area contributed by atoms with Crippen LogP contribution in [0.3, 0.4) is 0 Å². The summed E-state index contributed by atoms with van der Waals surface area (Å²) in [7, 11) is 7.89. The Kier molecular flexibility index (Phi) is 9.25. The Morgan fingerprint density at radius 1 is 1.00 bits per heavy atom. The molecule has 2 aliphatic carbocycles. The number of anilines is 2. The molecule has 0 bridgehead atoms. The zero-order valence-corrected chi connectivity index (χ0v) is 25.2. The Morgan fingerprint density at radius 2 is 1.53 bits per heavy atom. The molecule has 1 fully saturated rings. The summed E-state index contributed by atoms with van der Waals surface area (Å²) in [5.41, 5.74) is 7.20. The van der Waals surface area contributed by atoms with Crippen molar-refractivity contribution in [2.75, 3.05) is 4.57 Å². The van der Waals surface area contributed by atoms with Gasteiger partial charge in [0, 0.05) is 11.4 Å². The molecule has 1 aliphatic heterocycles. The van der Waals surface area contributed by atoms with Crippen LogP contribution in [0, 0.1) is 31.1 Å². The number of hydrogen-bond donors (Lipinski definition) is 0. The molecule has 0 spiro atoms. The molecule has 6 heteroatoms. The van der Waals surface area contributed by atoms with Crippen molar-refractivity contribution in [2.24, 2.45) is 23.7 Å². The maximum absolute atomic E-state index is 4.99. The number of rotatable bonds is 3. The SMILES string of the molecule is CC(C)C1=CC=C[C@@H]2C([Si](C)(C)N3c4ccccc4[N-]c4ccccc43)C[C@H](C)[C@H]12.[CH3-].[Cl][Ti][Cl]. The van der Waals surface area contributed by atoms with Gasteiger partial charge in [0.05, 0.1) is 0 Å². The van der Waals surface area contributed by atoms with Crippen molar-refractivity contribution in [3.63, 3.8) is 0 Å². The average molecular weight is 547 g/mol. The van der Waals surface area contributed by atoms with Crippen molar-refractivity contribution in [2.45, 2.75) is 45.8 Å². The van der Waals surface area contributed by atoms with Crippen LogP contribution >= 0.6 is 18.6 Å². The van der Waals surface area contributed by atoms with Gasteiger partial charge in [0.15, 0.2) is 8.24 Å². The Hall–Kier alpha value is -0.969. The van der Waals surface area contributed by atoms with Gasteiger partial charge in [-0.1, -0.05) is 94.1 Å². The summed E-state index contributed by atoms with van der Waals surface area (Å²) in [5, 5.41) is 4.99. The second kappa shape index (κ2) is 11.4. The molecule has 2 aromatic rings. The zero-order chi connectivity index (χ0) is 23.8. The van der Waals surface area contributed by atoms with Gasteiger partial charge in [-0.05, 0) is 47.8 Å². The molecule has 3 aliphatic rings. The van der Waals surface area contributed by atoms with E-state index in [1.807, 2.05) is 0 Å². The van der Waals surface area contributed by atoms with Crippen LogP contribution in [-0.2, 0) is 17.0 Å². The summed E-state index contributed by atoms with van der Waals surface area (Å²) >= 11 is -0.556. The van der Waals surface area contributed by atoms with Crippen molar-refractivity contribution in [3.05, 3.63) is 85.1 Å². The van der Waals surface area contributed by atoms with E-state index in [1.54, 1.807) is 5.57 Å². The first-order valence-corrected chi connectivity index (χ1v) is 19.2. The minimum atomic E-state index is -1.89. The fourth-order valence-corrected chi connectivity index (χ4v) is 10.6. The fraction of sp³-hybridized carbons (Fsp3) is 0.393. The third-order valence-electron chi connectivity index (χ3n) is 7.76. The fourth-order valence-electron chi connectivity index (χ4n) is 6.42. The monoisotopic (exact) mass is 546 g/mol. The molecule has 1 unspecified atom stereocenters. The van der Waals surface area contributed by atoms with Crippen molar-refractivity contribution in [1.29, 1.82) is 0 Å². The van der Waals surface area contributed by atoms with Crippen LogP contribution in [0.1, 0.15) is 27.2 Å². The Balaban J connectivity index is 0.000000771. The summed E-state index contributed by atoms with van der Waals surface area (Å²) < 4.78 is 2.73. The van der Waals surface area contributed by atoms with Gasteiger partial charge in [0.1, 0.15) is 0 Å². The van der Waals surface area contributed by atoms with Crippen LogP contribution in [0.2, 0.25) is 18.6 Å². The molecule has 0 saturated heterocycles. The summed E-state index contributed by atoms with van der Waals surface area (Å²) in [6.45, 7) is 12.4. The summed E-state index contributed by atoms with van der Waals surface area (Å²) in [4.78, 5) is 0. The van der Waals surface area contributed by atoms with Gasteiger partial charge in [-0.25, -0.2) is 0 Å². The average Bonchev–Trinajstić information content (AvgIpc) is 3.15. The Morgan fingerprint density at radius 3 is 2.06 bits per heavy atom. The molecule has 182 valence electrons. The van der Waals surface area contributed by atoms with E-state index in [4.69, 9.17) is 23.9 Å². The molecule has 0 amide bonds. The van der Waals surface area contributed by atoms with Gasteiger partial charge >= 0.3 is 35.6 Å². The standard InChI is InChI=1S/C27H33N2Si.CH3.2ClH.Ti/c1-18(2)20-11-10-12-21-26(17-19(3)27(20)21)30(4,5)29-24-15-8-6-13-22(24)28-23-14-7-9-16-25(23)29;;;;/h6-16,18-19,21,26-27H,17H2,1-5H3;1H3;2*1H;/q2*-1;;;+2/p-2/t19-,21+,26?,27+;;;;/m0..../s1. The molecule has 34 heavy (non-hydrogen) atoms. The third-order valence-corrected chi connectivity index (χ3v) is 11.8. The summed E-state index contributed by atoms with van der Waals surface area (Å²) in [6.07, 6.45) is 8.61. The van der Waals surface area contributed by atoms with Gasteiger partial charge < -0.3 is 17.3 Å². The second-order valence-corrected chi connectivity index (χ2v) is 17.4. The van der Waals surface area contributed by atoms with E-state index >= 15 is 0 Å². The van der Waals surface area contributed by atoms with E-state index in [0.29, 0.717) is 17.8 Å². The number of hydrogen-bond acceptors (Lipinski definition) is 1. The molecular formula is C28H36Cl2N2SiTi-2. The summed E-state index contributed by atoms with van der Waals surface area (Å²) in [6, 6.07) is 17.4.